The summed E-state index contributed by atoms with van der Waals surface area (Å²) in [7, 11) is 0. The molecule has 0 saturated carbocycles. The average Bonchev–Trinajstić information content (AvgIpc) is 2.50. The molecule has 2 rings (SSSR count). The number of hydrogen-bond donors (Lipinski definition) is 1. The SMILES string of the molecule is Cc1cc2c(s1)C(C)(C)N(O)C2(C)C. The molecule has 0 saturated heterocycles. The lowest BCUT2D eigenvalue weighted by Gasteiger charge is -2.35. The van der Waals surface area contributed by atoms with Crippen LogP contribution in [0.1, 0.15) is 43.0 Å². The molecule has 1 aromatic rings. The van der Waals surface area contributed by atoms with Crippen LogP contribution in [0.25, 0.3) is 0 Å². The van der Waals surface area contributed by atoms with Crippen molar-refractivity contribution >= 4 is 11.3 Å². The minimum Gasteiger partial charge on any atom is -0.312 e. The highest BCUT2D eigenvalue weighted by molar-refractivity contribution is 7.12. The first-order valence-electron chi connectivity index (χ1n) is 4.88. The topological polar surface area (TPSA) is 23.5 Å². The molecule has 0 bridgehead atoms. The van der Waals surface area contributed by atoms with E-state index in [0.717, 1.165) is 0 Å². The molecule has 3 heteroatoms. The molecule has 2 nitrogen and oxygen atoms in total. The summed E-state index contributed by atoms with van der Waals surface area (Å²) < 4.78 is 0. The van der Waals surface area contributed by atoms with Gasteiger partial charge in [-0.05, 0) is 46.2 Å². The lowest BCUT2D eigenvalue weighted by atomic mass is 9.98. The van der Waals surface area contributed by atoms with E-state index in [2.05, 4.69) is 40.7 Å². The molecule has 0 fully saturated rings. The molecular formula is C11H17NOS. The first-order valence-corrected chi connectivity index (χ1v) is 5.70. The minimum absolute atomic E-state index is 0.252. The fraction of sp³-hybridized carbons (Fsp3) is 0.636. The van der Waals surface area contributed by atoms with Gasteiger partial charge in [-0.25, -0.2) is 0 Å². The summed E-state index contributed by atoms with van der Waals surface area (Å²) in [5.41, 5.74) is 0.758. The smallest absolute Gasteiger partial charge is 0.0758 e. The van der Waals surface area contributed by atoms with Crippen molar-refractivity contribution in [1.82, 2.24) is 5.06 Å². The Morgan fingerprint density at radius 3 is 2.29 bits per heavy atom. The van der Waals surface area contributed by atoms with E-state index in [1.54, 1.807) is 11.3 Å². The second kappa shape index (κ2) is 2.60. The van der Waals surface area contributed by atoms with Crippen molar-refractivity contribution in [2.24, 2.45) is 0 Å². The fourth-order valence-corrected chi connectivity index (χ4v) is 3.59. The van der Waals surface area contributed by atoms with E-state index in [9.17, 15) is 5.21 Å². The molecule has 0 amide bonds. The highest BCUT2D eigenvalue weighted by Crippen LogP contribution is 2.51. The van der Waals surface area contributed by atoms with Crippen molar-refractivity contribution in [2.75, 3.05) is 0 Å². The lowest BCUT2D eigenvalue weighted by molar-refractivity contribution is -0.215. The number of hydrogen-bond acceptors (Lipinski definition) is 3. The summed E-state index contributed by atoms with van der Waals surface area (Å²) >= 11 is 1.79. The molecule has 0 radical (unpaired) electrons. The summed E-state index contributed by atoms with van der Waals surface area (Å²) in [4.78, 5) is 2.62. The number of fused-ring (bicyclic) bond motifs is 1. The summed E-state index contributed by atoms with van der Waals surface area (Å²) in [5.74, 6) is 0. The molecule has 0 atom stereocenters. The predicted molar refractivity (Wildman–Crippen MR) is 58.7 cm³/mol. The van der Waals surface area contributed by atoms with E-state index in [1.807, 2.05) is 0 Å². The monoisotopic (exact) mass is 211 g/mol. The number of thiophene rings is 1. The summed E-state index contributed by atoms with van der Waals surface area (Å²) in [6, 6.07) is 2.19. The van der Waals surface area contributed by atoms with Crippen LogP contribution in [0.15, 0.2) is 6.07 Å². The maximum absolute atomic E-state index is 10.1. The zero-order valence-electron chi connectivity index (χ0n) is 9.38. The van der Waals surface area contributed by atoms with Crippen LogP contribution in [0.3, 0.4) is 0 Å². The van der Waals surface area contributed by atoms with Crippen LogP contribution in [-0.4, -0.2) is 10.3 Å². The molecule has 78 valence electrons. The molecular weight excluding hydrogens is 194 g/mol. The largest absolute Gasteiger partial charge is 0.312 e. The van der Waals surface area contributed by atoms with Gasteiger partial charge in [0, 0.05) is 9.75 Å². The highest BCUT2D eigenvalue weighted by atomic mass is 32.1. The molecule has 1 aliphatic heterocycles. The zero-order chi connectivity index (χ0) is 10.7. The second-order valence-electron chi connectivity index (χ2n) is 5.03. The molecule has 0 spiro atoms. The van der Waals surface area contributed by atoms with Gasteiger partial charge in [0.05, 0.1) is 11.1 Å². The second-order valence-corrected chi connectivity index (χ2v) is 6.29. The Hall–Kier alpha value is -0.380. The lowest BCUT2D eigenvalue weighted by Crippen LogP contribution is -2.42. The molecule has 1 aromatic heterocycles. The van der Waals surface area contributed by atoms with Crippen LogP contribution < -0.4 is 0 Å². The Kier molecular flexibility index (Phi) is 1.88. The standard InChI is InChI=1S/C11H17NOS/c1-7-6-8-9(14-7)11(4,5)12(13)10(8,2)3/h6,13H,1-5H3. The number of nitrogens with zero attached hydrogens (tertiary/aromatic N) is 1. The van der Waals surface area contributed by atoms with E-state index in [-0.39, 0.29) is 11.1 Å². The van der Waals surface area contributed by atoms with Gasteiger partial charge in [0.2, 0.25) is 0 Å². The molecule has 2 heterocycles. The molecule has 0 unspecified atom stereocenters. The maximum atomic E-state index is 10.1. The first-order chi connectivity index (χ1) is 6.28. The van der Waals surface area contributed by atoms with Crippen LogP contribution in [-0.2, 0) is 11.1 Å². The Morgan fingerprint density at radius 1 is 1.21 bits per heavy atom. The Balaban J connectivity index is 2.67. The van der Waals surface area contributed by atoms with Crippen LogP contribution in [0.4, 0.5) is 0 Å². The predicted octanol–water partition coefficient (Wildman–Crippen LogP) is 3.23. The number of aryl methyl sites for hydroxylation is 1. The third-order valence-corrected chi connectivity index (χ3v) is 4.49. The summed E-state index contributed by atoms with van der Waals surface area (Å²) in [6.45, 7) is 10.4. The highest BCUT2D eigenvalue weighted by Gasteiger charge is 2.50. The van der Waals surface area contributed by atoms with Crippen molar-refractivity contribution in [3.63, 3.8) is 0 Å². The van der Waals surface area contributed by atoms with Crippen molar-refractivity contribution in [3.8, 4) is 0 Å². The molecule has 1 N–H and O–H groups in total. The van der Waals surface area contributed by atoms with Crippen LogP contribution in [0.2, 0.25) is 0 Å². The quantitative estimate of drug-likeness (QED) is 0.712. The average molecular weight is 211 g/mol. The fourth-order valence-electron chi connectivity index (χ4n) is 2.33. The zero-order valence-corrected chi connectivity index (χ0v) is 10.2. The van der Waals surface area contributed by atoms with Gasteiger partial charge in [-0.1, -0.05) is 0 Å². The van der Waals surface area contributed by atoms with Gasteiger partial charge in [-0.15, -0.1) is 11.3 Å². The van der Waals surface area contributed by atoms with E-state index < -0.39 is 0 Å². The van der Waals surface area contributed by atoms with E-state index in [4.69, 9.17) is 0 Å². The van der Waals surface area contributed by atoms with Gasteiger partial charge in [-0.2, -0.15) is 5.06 Å². The maximum Gasteiger partial charge on any atom is 0.0758 e. The third kappa shape index (κ3) is 1.03. The van der Waals surface area contributed by atoms with Crippen molar-refractivity contribution < 1.29 is 5.21 Å². The summed E-state index contributed by atoms with van der Waals surface area (Å²) in [5, 5.41) is 11.6. The molecule has 1 aliphatic rings. The van der Waals surface area contributed by atoms with Gasteiger partial charge in [-0.3, -0.25) is 0 Å². The Labute approximate surface area is 89.1 Å². The van der Waals surface area contributed by atoms with E-state index >= 15 is 0 Å². The third-order valence-electron chi connectivity index (χ3n) is 3.13. The normalized spacial score (nSPS) is 23.9. The van der Waals surface area contributed by atoms with E-state index in [1.165, 1.54) is 20.4 Å². The van der Waals surface area contributed by atoms with E-state index in [0.29, 0.717) is 0 Å². The molecule has 0 aromatic carbocycles. The van der Waals surface area contributed by atoms with Gasteiger partial charge in [0.25, 0.3) is 0 Å². The van der Waals surface area contributed by atoms with Crippen LogP contribution >= 0.6 is 11.3 Å². The van der Waals surface area contributed by atoms with Gasteiger partial charge >= 0.3 is 0 Å². The molecule has 0 aliphatic carbocycles. The van der Waals surface area contributed by atoms with Gasteiger partial charge in [0.1, 0.15) is 0 Å². The van der Waals surface area contributed by atoms with Crippen molar-refractivity contribution in [3.05, 3.63) is 21.4 Å². The first kappa shape index (κ1) is 10.1. The molecule has 14 heavy (non-hydrogen) atoms. The van der Waals surface area contributed by atoms with Crippen molar-refractivity contribution in [2.45, 2.75) is 45.7 Å². The number of hydroxylamine groups is 2. The minimum atomic E-state index is -0.260. The number of rotatable bonds is 0. The van der Waals surface area contributed by atoms with Crippen LogP contribution in [0.5, 0.6) is 0 Å². The summed E-state index contributed by atoms with van der Waals surface area (Å²) in [6.07, 6.45) is 0. The van der Waals surface area contributed by atoms with Gasteiger partial charge in [0.15, 0.2) is 0 Å². The Morgan fingerprint density at radius 2 is 1.79 bits per heavy atom. The van der Waals surface area contributed by atoms with Crippen molar-refractivity contribution in [1.29, 1.82) is 0 Å². The van der Waals surface area contributed by atoms with Gasteiger partial charge < -0.3 is 5.21 Å². The van der Waals surface area contributed by atoms with Crippen LogP contribution in [0, 0.1) is 6.92 Å². The Bertz CT molecular complexity index is 345.